The van der Waals surface area contributed by atoms with E-state index in [0.29, 0.717) is 17.5 Å². The second-order valence-electron chi connectivity index (χ2n) is 10.3. The minimum atomic E-state index is 0.156. The van der Waals surface area contributed by atoms with E-state index in [1.54, 1.807) is 0 Å². The first-order valence-electron chi connectivity index (χ1n) is 12.7. The molecular weight excluding hydrogens is 420 g/mol. The molecule has 5 rings (SSSR count). The van der Waals surface area contributed by atoms with Crippen LogP contribution in [0.15, 0.2) is 36.9 Å². The van der Waals surface area contributed by atoms with Gasteiger partial charge in [0.05, 0.1) is 0 Å². The number of rotatable bonds is 7. The van der Waals surface area contributed by atoms with E-state index >= 15 is 0 Å². The molecule has 2 aromatic heterocycles. The second kappa shape index (κ2) is 9.58. The molecule has 2 aliphatic rings. The Morgan fingerprint density at radius 2 is 1.85 bits per heavy atom. The lowest BCUT2D eigenvalue weighted by atomic mass is 9.80. The lowest BCUT2D eigenvalue weighted by molar-refractivity contribution is 0.266. The minimum Gasteiger partial charge on any atom is -0.365 e. The zero-order valence-electron chi connectivity index (χ0n) is 20.3. The summed E-state index contributed by atoms with van der Waals surface area (Å²) in [5.74, 6) is 3.74. The fourth-order valence-corrected chi connectivity index (χ4v) is 5.41. The van der Waals surface area contributed by atoms with Gasteiger partial charge >= 0.3 is 0 Å². The van der Waals surface area contributed by atoms with E-state index < -0.39 is 0 Å². The van der Waals surface area contributed by atoms with Gasteiger partial charge < -0.3 is 9.88 Å². The van der Waals surface area contributed by atoms with Crippen LogP contribution in [0.2, 0.25) is 0 Å². The molecule has 0 bridgehead atoms. The van der Waals surface area contributed by atoms with Crippen molar-refractivity contribution >= 4 is 22.6 Å². The van der Waals surface area contributed by atoms with Crippen molar-refractivity contribution < 1.29 is 0 Å². The molecule has 1 N–H and O–H groups in total. The maximum Gasteiger partial charge on any atom is 0.236 e. The number of hydrogen-bond acceptors (Lipinski definition) is 5. The van der Waals surface area contributed by atoms with Crippen molar-refractivity contribution in [1.82, 2.24) is 19.5 Å². The lowest BCUT2D eigenvalue weighted by Gasteiger charge is -2.32. The van der Waals surface area contributed by atoms with E-state index in [9.17, 15) is 5.26 Å². The maximum atomic E-state index is 9.62. The van der Waals surface area contributed by atoms with Gasteiger partial charge in [-0.25, -0.2) is 4.98 Å². The summed E-state index contributed by atoms with van der Waals surface area (Å²) in [5.41, 5.74) is 3.39. The highest BCUT2D eigenvalue weighted by Gasteiger charge is 2.28. The number of hydrogen-bond donors (Lipinski definition) is 1. The summed E-state index contributed by atoms with van der Waals surface area (Å²) in [5, 5.41) is 13.3. The number of nitrogens with one attached hydrogen (secondary N) is 1. The Labute approximate surface area is 202 Å². The van der Waals surface area contributed by atoms with Crippen LogP contribution in [0.5, 0.6) is 0 Å². The van der Waals surface area contributed by atoms with Crippen molar-refractivity contribution in [2.75, 3.05) is 5.32 Å². The molecule has 0 aliphatic heterocycles. The summed E-state index contributed by atoms with van der Waals surface area (Å²) in [6.45, 7) is 9.86. The van der Waals surface area contributed by atoms with Crippen LogP contribution in [-0.2, 0) is 6.54 Å². The average Bonchev–Trinajstić information content (AvgIpc) is 3.17. The van der Waals surface area contributed by atoms with E-state index in [0.717, 1.165) is 40.8 Å². The van der Waals surface area contributed by atoms with Crippen LogP contribution in [0, 0.1) is 29.1 Å². The van der Waals surface area contributed by atoms with Gasteiger partial charge in [-0.1, -0.05) is 63.1 Å². The lowest BCUT2D eigenvalue weighted by Crippen LogP contribution is -2.31. The number of anilines is 1. The molecule has 0 spiro atoms. The third-order valence-electron chi connectivity index (χ3n) is 7.89. The summed E-state index contributed by atoms with van der Waals surface area (Å²) in [7, 11) is 0. The first-order valence-corrected chi connectivity index (χ1v) is 12.7. The fourth-order valence-electron chi connectivity index (χ4n) is 5.41. The highest BCUT2D eigenvalue weighted by atomic mass is 15.2. The van der Waals surface area contributed by atoms with Gasteiger partial charge in [-0.15, -0.1) is 0 Å². The molecule has 6 nitrogen and oxygen atoms in total. The SMILES string of the molecule is C=C(c1ccccc1)c1nc2nc(C#N)nc(N[C@H](C)C3CCC3)c2n1CC1CCC(C)CC1. The number of fused-ring (bicyclic) bond motifs is 1. The van der Waals surface area contributed by atoms with Gasteiger partial charge in [-0.2, -0.15) is 15.2 Å². The molecule has 0 unspecified atom stereocenters. The van der Waals surface area contributed by atoms with Crippen molar-refractivity contribution in [2.24, 2.45) is 17.8 Å². The fraction of sp³-hybridized carbons (Fsp3) is 0.500. The van der Waals surface area contributed by atoms with Crippen molar-refractivity contribution in [3.8, 4) is 6.07 Å². The number of nitriles is 1. The summed E-state index contributed by atoms with van der Waals surface area (Å²) in [4.78, 5) is 14.1. The average molecular weight is 455 g/mol. The van der Waals surface area contributed by atoms with Gasteiger partial charge in [-0.3, -0.25) is 0 Å². The first-order chi connectivity index (χ1) is 16.5. The monoisotopic (exact) mass is 454 g/mol. The quantitative estimate of drug-likeness (QED) is 0.461. The van der Waals surface area contributed by atoms with E-state index in [1.165, 1.54) is 44.9 Å². The molecule has 34 heavy (non-hydrogen) atoms. The minimum absolute atomic E-state index is 0.156. The van der Waals surface area contributed by atoms with Gasteiger partial charge in [0.1, 0.15) is 17.4 Å². The normalized spacial score (nSPS) is 21.6. The van der Waals surface area contributed by atoms with Gasteiger partial charge in [0.25, 0.3) is 0 Å². The highest BCUT2D eigenvalue weighted by Crippen LogP contribution is 2.36. The van der Waals surface area contributed by atoms with Crippen molar-refractivity contribution in [3.63, 3.8) is 0 Å². The summed E-state index contributed by atoms with van der Waals surface area (Å²) < 4.78 is 2.28. The Hall–Kier alpha value is -3.20. The Morgan fingerprint density at radius 3 is 2.50 bits per heavy atom. The van der Waals surface area contributed by atoms with Gasteiger partial charge in [-0.05, 0) is 55.9 Å². The van der Waals surface area contributed by atoms with Gasteiger partial charge in [0, 0.05) is 18.2 Å². The van der Waals surface area contributed by atoms with Crippen molar-refractivity contribution in [3.05, 3.63) is 54.1 Å². The predicted molar refractivity (Wildman–Crippen MR) is 136 cm³/mol. The summed E-state index contributed by atoms with van der Waals surface area (Å²) in [6, 6.07) is 12.6. The van der Waals surface area contributed by atoms with E-state index in [4.69, 9.17) is 4.98 Å². The molecule has 0 saturated heterocycles. The van der Waals surface area contributed by atoms with Crippen molar-refractivity contribution in [1.29, 1.82) is 5.26 Å². The molecule has 0 amide bonds. The molecule has 1 aromatic carbocycles. The smallest absolute Gasteiger partial charge is 0.236 e. The van der Waals surface area contributed by atoms with E-state index in [-0.39, 0.29) is 11.9 Å². The van der Waals surface area contributed by atoms with Gasteiger partial charge in [0.2, 0.25) is 5.82 Å². The molecule has 2 saturated carbocycles. The van der Waals surface area contributed by atoms with Crippen LogP contribution >= 0.6 is 0 Å². The van der Waals surface area contributed by atoms with E-state index in [2.05, 4.69) is 58.5 Å². The topological polar surface area (TPSA) is 79.4 Å². The molecular formula is C28H34N6. The van der Waals surface area contributed by atoms with Crippen LogP contribution in [0.4, 0.5) is 5.82 Å². The Balaban J connectivity index is 1.61. The Kier molecular flexibility index (Phi) is 6.36. The largest absolute Gasteiger partial charge is 0.365 e. The predicted octanol–water partition coefficient (Wildman–Crippen LogP) is 6.19. The van der Waals surface area contributed by atoms with Crippen LogP contribution in [0.1, 0.15) is 76.0 Å². The van der Waals surface area contributed by atoms with Crippen molar-refractivity contribution in [2.45, 2.75) is 71.4 Å². The summed E-state index contributed by atoms with van der Waals surface area (Å²) >= 11 is 0. The van der Waals surface area contributed by atoms with Crippen LogP contribution < -0.4 is 5.32 Å². The summed E-state index contributed by atoms with van der Waals surface area (Å²) in [6.07, 6.45) is 8.74. The Morgan fingerprint density at radius 1 is 1.12 bits per heavy atom. The number of benzene rings is 1. The Bertz CT molecular complexity index is 1210. The third kappa shape index (κ3) is 4.44. The molecule has 0 radical (unpaired) electrons. The molecule has 1 atom stereocenters. The number of aromatic nitrogens is 4. The highest BCUT2D eigenvalue weighted by molar-refractivity contribution is 5.88. The second-order valence-corrected chi connectivity index (χ2v) is 10.3. The van der Waals surface area contributed by atoms with Crippen LogP contribution in [0.3, 0.4) is 0 Å². The number of imidazole rings is 1. The molecule has 2 aliphatic carbocycles. The van der Waals surface area contributed by atoms with E-state index in [1.807, 2.05) is 18.2 Å². The van der Waals surface area contributed by atoms with Crippen LogP contribution in [0.25, 0.3) is 16.7 Å². The molecule has 2 heterocycles. The van der Waals surface area contributed by atoms with Crippen LogP contribution in [-0.4, -0.2) is 25.6 Å². The molecule has 3 aromatic rings. The molecule has 176 valence electrons. The number of nitrogens with zero attached hydrogens (tertiary/aromatic N) is 5. The third-order valence-corrected chi connectivity index (χ3v) is 7.89. The maximum absolute atomic E-state index is 9.62. The van der Waals surface area contributed by atoms with Gasteiger partial charge in [0.15, 0.2) is 11.5 Å². The zero-order chi connectivity index (χ0) is 23.7. The first kappa shape index (κ1) is 22.6. The molecule has 2 fully saturated rings. The molecule has 6 heteroatoms. The zero-order valence-corrected chi connectivity index (χ0v) is 20.3. The standard InChI is InChI=1S/C28H34N6/c1-18-12-14-21(15-13-18)17-34-25-26(30-20(3)23-10-7-11-23)31-24(16-29)32-27(25)33-28(34)19(2)22-8-5-4-6-9-22/h4-6,8-9,18,20-21,23H,2,7,10-15,17H2,1,3H3,(H,30,31,32)/t18?,20-,21?/m1/s1.